The van der Waals surface area contributed by atoms with Crippen LogP contribution in [0.5, 0.6) is 0 Å². The fourth-order valence-corrected chi connectivity index (χ4v) is 4.74. The Morgan fingerprint density at radius 2 is 1.55 bits per heavy atom. The van der Waals surface area contributed by atoms with Crippen molar-refractivity contribution in [1.82, 2.24) is 14.5 Å². The first kappa shape index (κ1) is 19.6. The molecule has 0 saturated heterocycles. The molecule has 1 aromatic heterocycles. The Kier molecular flexibility index (Phi) is 4.48. The highest BCUT2D eigenvalue weighted by atomic mass is 35.5. The number of carbonyl (C=O) groups is 2. The molecular formula is C26H17ClN4O2. The second-order valence-electron chi connectivity index (χ2n) is 7.91. The number of benzene rings is 3. The molecule has 3 aromatic carbocycles. The quantitative estimate of drug-likeness (QED) is 0.424. The monoisotopic (exact) mass is 452 g/mol. The van der Waals surface area contributed by atoms with Crippen molar-refractivity contribution in [2.75, 3.05) is 0 Å². The van der Waals surface area contributed by atoms with Crippen LogP contribution in [0.4, 0.5) is 0 Å². The van der Waals surface area contributed by atoms with E-state index < -0.39 is 0 Å². The van der Waals surface area contributed by atoms with Gasteiger partial charge in [-0.05, 0) is 24.3 Å². The molecule has 0 fully saturated rings. The van der Waals surface area contributed by atoms with Crippen LogP contribution in [0.2, 0.25) is 5.02 Å². The summed E-state index contributed by atoms with van der Waals surface area (Å²) in [6.45, 7) is 0.448. The van der Waals surface area contributed by atoms with E-state index in [1.165, 1.54) is 4.90 Å². The van der Waals surface area contributed by atoms with Gasteiger partial charge in [0.15, 0.2) is 0 Å². The van der Waals surface area contributed by atoms with E-state index in [9.17, 15) is 9.59 Å². The van der Waals surface area contributed by atoms with E-state index in [2.05, 4.69) is 4.98 Å². The van der Waals surface area contributed by atoms with Crippen molar-refractivity contribution in [1.29, 1.82) is 0 Å². The zero-order valence-electron chi connectivity index (χ0n) is 17.4. The number of nitrogens with zero attached hydrogens (tertiary/aromatic N) is 4. The molecule has 4 aromatic rings. The Morgan fingerprint density at radius 3 is 2.27 bits per heavy atom. The van der Waals surface area contributed by atoms with Gasteiger partial charge >= 0.3 is 0 Å². The van der Waals surface area contributed by atoms with E-state index in [0.29, 0.717) is 28.4 Å². The molecule has 0 spiro atoms. The number of hydrogen-bond acceptors (Lipinski definition) is 4. The molecular weight excluding hydrogens is 436 g/mol. The molecule has 2 amide bonds. The first-order valence-corrected chi connectivity index (χ1v) is 10.9. The number of imidazole rings is 1. The molecule has 0 unspecified atom stereocenters. The van der Waals surface area contributed by atoms with Gasteiger partial charge in [-0.1, -0.05) is 60.1 Å². The van der Waals surface area contributed by atoms with Crippen LogP contribution in [0.1, 0.15) is 43.4 Å². The highest BCUT2D eigenvalue weighted by Crippen LogP contribution is 2.32. The van der Waals surface area contributed by atoms with E-state index in [0.717, 1.165) is 28.4 Å². The van der Waals surface area contributed by atoms with Gasteiger partial charge in [0.25, 0.3) is 11.8 Å². The number of aromatic nitrogens is 2. The van der Waals surface area contributed by atoms with Gasteiger partial charge in [0.05, 0.1) is 52.5 Å². The maximum Gasteiger partial charge on any atom is 0.261 e. The number of rotatable bonds is 3. The summed E-state index contributed by atoms with van der Waals surface area (Å²) < 4.78 is 1.96. The summed E-state index contributed by atoms with van der Waals surface area (Å²) in [6, 6.07) is 22.5. The molecule has 33 heavy (non-hydrogen) atoms. The Bertz CT molecular complexity index is 1440. The third kappa shape index (κ3) is 3.02. The lowest BCUT2D eigenvalue weighted by Gasteiger charge is -2.18. The highest BCUT2D eigenvalue weighted by molar-refractivity contribution is 6.36. The van der Waals surface area contributed by atoms with Crippen molar-refractivity contribution in [3.8, 4) is 5.69 Å². The van der Waals surface area contributed by atoms with E-state index in [4.69, 9.17) is 16.6 Å². The number of hydrogen-bond donors (Lipinski definition) is 0. The molecule has 6 rings (SSSR count). The van der Waals surface area contributed by atoms with Crippen molar-refractivity contribution in [2.45, 2.75) is 13.1 Å². The Balaban J connectivity index is 1.46. The molecule has 0 saturated carbocycles. The van der Waals surface area contributed by atoms with Crippen molar-refractivity contribution in [3.05, 3.63) is 118 Å². The van der Waals surface area contributed by atoms with E-state index in [1.807, 2.05) is 53.1 Å². The Morgan fingerprint density at radius 1 is 0.848 bits per heavy atom. The van der Waals surface area contributed by atoms with Crippen LogP contribution in [-0.4, -0.2) is 32.0 Å². The van der Waals surface area contributed by atoms with E-state index >= 15 is 0 Å². The van der Waals surface area contributed by atoms with E-state index in [1.54, 1.807) is 30.5 Å². The van der Waals surface area contributed by atoms with Gasteiger partial charge in [-0.25, -0.2) is 4.98 Å². The van der Waals surface area contributed by atoms with Crippen LogP contribution in [0, 0.1) is 0 Å². The minimum atomic E-state index is -0.299. The van der Waals surface area contributed by atoms with Crippen LogP contribution >= 0.6 is 11.6 Å². The fraction of sp³-hybridized carbons (Fsp3) is 0.0769. The van der Waals surface area contributed by atoms with Gasteiger partial charge in [0.2, 0.25) is 0 Å². The standard InChI is InChI=1S/C26H17ClN4O2/c27-20-11-6-12-21-23(20)24(16-7-2-1-3-8-16)29-14-22-28-13-17(31(21)22)15-30-25(32)18-9-4-5-10-19(18)26(30)33/h1-13H,14-15H2. The van der Waals surface area contributed by atoms with Crippen LogP contribution in [0.3, 0.4) is 0 Å². The SMILES string of the molecule is O=C1c2ccccc2C(=O)N1Cc1cnc2n1-c1cccc(Cl)c1C(c1ccccc1)=NC2. The summed E-state index contributed by atoms with van der Waals surface area (Å²) in [5.41, 5.74) is 4.93. The van der Waals surface area contributed by atoms with Crippen LogP contribution in [-0.2, 0) is 13.1 Å². The van der Waals surface area contributed by atoms with Crippen LogP contribution in [0.25, 0.3) is 5.69 Å². The predicted octanol–water partition coefficient (Wildman–Crippen LogP) is 4.67. The fourth-order valence-electron chi connectivity index (χ4n) is 4.49. The second kappa shape index (κ2) is 7.53. The smallest absolute Gasteiger partial charge is 0.261 e. The zero-order chi connectivity index (χ0) is 22.5. The zero-order valence-corrected chi connectivity index (χ0v) is 18.2. The van der Waals surface area contributed by atoms with E-state index in [-0.39, 0.29) is 18.4 Å². The molecule has 0 radical (unpaired) electrons. The summed E-state index contributed by atoms with van der Waals surface area (Å²) in [5.74, 6) is 0.121. The van der Waals surface area contributed by atoms with Crippen molar-refractivity contribution in [2.24, 2.45) is 4.99 Å². The van der Waals surface area contributed by atoms with Gasteiger partial charge in [-0.3, -0.25) is 24.0 Å². The highest BCUT2D eigenvalue weighted by Gasteiger charge is 2.36. The lowest BCUT2D eigenvalue weighted by atomic mass is 10.0. The van der Waals surface area contributed by atoms with Crippen LogP contribution in [0.15, 0.2) is 84.0 Å². The molecule has 0 N–H and O–H groups in total. The molecule has 2 aliphatic rings. The van der Waals surface area contributed by atoms with Gasteiger partial charge < -0.3 is 0 Å². The molecule has 0 aliphatic carbocycles. The number of fused-ring (bicyclic) bond motifs is 4. The van der Waals surface area contributed by atoms with Crippen molar-refractivity contribution >= 4 is 29.1 Å². The number of halogens is 1. The summed E-state index contributed by atoms with van der Waals surface area (Å²) in [4.78, 5) is 36.6. The Labute approximate surface area is 194 Å². The first-order chi connectivity index (χ1) is 16.1. The van der Waals surface area contributed by atoms with Gasteiger partial charge in [0, 0.05) is 11.1 Å². The molecule has 2 aliphatic heterocycles. The van der Waals surface area contributed by atoms with Gasteiger partial charge in [-0.2, -0.15) is 0 Å². The molecule has 0 atom stereocenters. The average molecular weight is 453 g/mol. The third-order valence-electron chi connectivity index (χ3n) is 6.00. The third-order valence-corrected chi connectivity index (χ3v) is 6.32. The Hall–Kier alpha value is -4.03. The molecule has 7 heteroatoms. The molecule has 0 bridgehead atoms. The minimum Gasteiger partial charge on any atom is -0.297 e. The van der Waals surface area contributed by atoms with Gasteiger partial charge in [0.1, 0.15) is 5.82 Å². The maximum atomic E-state index is 12.9. The first-order valence-electron chi connectivity index (χ1n) is 10.5. The molecule has 160 valence electrons. The minimum absolute atomic E-state index is 0.103. The summed E-state index contributed by atoms with van der Waals surface area (Å²) in [5, 5.41) is 0.573. The van der Waals surface area contributed by atoms with Crippen LogP contribution < -0.4 is 0 Å². The maximum absolute atomic E-state index is 12.9. The lowest BCUT2D eigenvalue weighted by molar-refractivity contribution is 0.0639. The largest absolute Gasteiger partial charge is 0.297 e. The molecule has 6 nitrogen and oxygen atoms in total. The van der Waals surface area contributed by atoms with Crippen molar-refractivity contribution < 1.29 is 9.59 Å². The number of imide groups is 1. The lowest BCUT2D eigenvalue weighted by Crippen LogP contribution is -2.30. The summed E-state index contributed by atoms with van der Waals surface area (Å²) >= 11 is 6.69. The second-order valence-corrected chi connectivity index (χ2v) is 8.32. The number of amides is 2. The molecule has 3 heterocycles. The predicted molar refractivity (Wildman–Crippen MR) is 125 cm³/mol. The number of aliphatic imine (C=N–C) groups is 1. The normalized spacial score (nSPS) is 14.5. The summed E-state index contributed by atoms with van der Waals surface area (Å²) in [6.07, 6.45) is 1.70. The van der Waals surface area contributed by atoms with Gasteiger partial charge in [-0.15, -0.1) is 0 Å². The van der Waals surface area contributed by atoms with Crippen molar-refractivity contribution in [3.63, 3.8) is 0 Å². The topological polar surface area (TPSA) is 67.6 Å². The summed E-state index contributed by atoms with van der Waals surface area (Å²) in [7, 11) is 0. The average Bonchev–Trinajstić information content (AvgIpc) is 3.28. The number of carbonyl (C=O) groups excluding carboxylic acids is 2.